The maximum Gasteiger partial charge on any atom is 0.134 e. The highest BCUT2D eigenvalue weighted by molar-refractivity contribution is 9.10. The van der Waals surface area contributed by atoms with Crippen molar-refractivity contribution < 1.29 is 4.42 Å². The molecule has 108 valence electrons. The van der Waals surface area contributed by atoms with Gasteiger partial charge in [0.05, 0.1) is 6.04 Å². The van der Waals surface area contributed by atoms with E-state index in [2.05, 4.69) is 40.3 Å². The van der Waals surface area contributed by atoms with Crippen LogP contribution in [0.2, 0.25) is 5.02 Å². The molecule has 0 bridgehead atoms. The average Bonchev–Trinajstić information content (AvgIpc) is 2.89. The first-order chi connectivity index (χ1) is 10.2. The molecule has 0 saturated heterocycles. The zero-order valence-corrected chi connectivity index (χ0v) is 13.9. The lowest BCUT2D eigenvalue weighted by atomic mass is 10.0. The Morgan fingerprint density at radius 2 is 2.00 bits per heavy atom. The Balaban J connectivity index is 2.08. The summed E-state index contributed by atoms with van der Waals surface area (Å²) in [6, 6.07) is 16.0. The molecule has 0 amide bonds. The Morgan fingerprint density at radius 1 is 1.19 bits per heavy atom. The Labute approximate surface area is 137 Å². The molecule has 1 atom stereocenters. The van der Waals surface area contributed by atoms with Gasteiger partial charge in [-0.1, -0.05) is 58.7 Å². The number of nitrogens with one attached hydrogen (secondary N) is 1. The van der Waals surface area contributed by atoms with Crippen LogP contribution in [-0.2, 0) is 0 Å². The van der Waals surface area contributed by atoms with Crippen LogP contribution in [0.3, 0.4) is 0 Å². The number of hydrogen-bond acceptors (Lipinski definition) is 2. The van der Waals surface area contributed by atoms with Crippen LogP contribution in [0.5, 0.6) is 0 Å². The summed E-state index contributed by atoms with van der Waals surface area (Å²) in [5.41, 5.74) is 1.91. The van der Waals surface area contributed by atoms with E-state index in [0.29, 0.717) is 0 Å². The predicted octanol–water partition coefficient (Wildman–Crippen LogP) is 5.55. The Morgan fingerprint density at radius 3 is 2.71 bits per heavy atom. The molecule has 3 aromatic rings. The van der Waals surface area contributed by atoms with Crippen molar-refractivity contribution in [3.05, 3.63) is 69.3 Å². The second-order valence-electron chi connectivity index (χ2n) is 4.84. The minimum absolute atomic E-state index is 0.0528. The third kappa shape index (κ3) is 3.00. The fourth-order valence-electron chi connectivity index (χ4n) is 2.45. The van der Waals surface area contributed by atoms with Crippen LogP contribution in [0.4, 0.5) is 0 Å². The number of hydrogen-bond donors (Lipinski definition) is 1. The molecule has 0 saturated carbocycles. The van der Waals surface area contributed by atoms with Crippen molar-refractivity contribution in [2.45, 2.75) is 13.0 Å². The summed E-state index contributed by atoms with van der Waals surface area (Å²) < 4.78 is 6.96. The summed E-state index contributed by atoms with van der Waals surface area (Å²) in [7, 11) is 0. The summed E-state index contributed by atoms with van der Waals surface area (Å²) in [4.78, 5) is 0. The zero-order chi connectivity index (χ0) is 14.8. The lowest BCUT2D eigenvalue weighted by molar-refractivity contribution is 0.477. The average molecular weight is 365 g/mol. The van der Waals surface area contributed by atoms with Crippen LogP contribution in [0, 0.1) is 0 Å². The standard InChI is InChI=1S/C17H15BrClNO/c1-2-20-17(13-8-7-12(18)10-14(13)19)16-9-11-5-3-4-6-15(11)21-16/h3-10,17,20H,2H2,1H3. The van der Waals surface area contributed by atoms with E-state index in [9.17, 15) is 0 Å². The third-order valence-electron chi connectivity index (χ3n) is 3.41. The molecule has 1 unspecified atom stereocenters. The summed E-state index contributed by atoms with van der Waals surface area (Å²) >= 11 is 9.84. The number of halogens is 2. The van der Waals surface area contributed by atoms with E-state index in [4.69, 9.17) is 16.0 Å². The molecule has 1 heterocycles. The Hall–Kier alpha value is -1.29. The highest BCUT2D eigenvalue weighted by atomic mass is 79.9. The second kappa shape index (κ2) is 6.22. The quantitative estimate of drug-likeness (QED) is 0.657. The number of fused-ring (bicyclic) bond motifs is 1. The van der Waals surface area contributed by atoms with E-state index >= 15 is 0 Å². The predicted molar refractivity (Wildman–Crippen MR) is 90.9 cm³/mol. The van der Waals surface area contributed by atoms with E-state index < -0.39 is 0 Å². The Kier molecular flexibility index (Phi) is 4.34. The number of rotatable bonds is 4. The summed E-state index contributed by atoms with van der Waals surface area (Å²) in [6.07, 6.45) is 0. The minimum atomic E-state index is -0.0528. The van der Waals surface area contributed by atoms with E-state index in [1.807, 2.05) is 36.4 Å². The molecule has 0 aliphatic rings. The van der Waals surface area contributed by atoms with E-state index in [-0.39, 0.29) is 6.04 Å². The Bertz CT molecular complexity index is 735. The number of furan rings is 1. The molecule has 1 aromatic heterocycles. The third-order valence-corrected chi connectivity index (χ3v) is 4.23. The molecule has 2 aromatic carbocycles. The molecule has 0 radical (unpaired) electrons. The monoisotopic (exact) mass is 363 g/mol. The van der Waals surface area contributed by atoms with E-state index in [0.717, 1.165) is 38.3 Å². The first-order valence-corrected chi connectivity index (χ1v) is 8.03. The molecule has 0 spiro atoms. The van der Waals surface area contributed by atoms with Crippen molar-refractivity contribution in [1.29, 1.82) is 0 Å². The van der Waals surface area contributed by atoms with Crippen molar-refractivity contribution >= 4 is 38.5 Å². The van der Waals surface area contributed by atoms with Gasteiger partial charge in [-0.3, -0.25) is 0 Å². The molecule has 0 aliphatic heterocycles. The molecule has 3 rings (SSSR count). The normalized spacial score (nSPS) is 12.7. The maximum absolute atomic E-state index is 6.40. The SMILES string of the molecule is CCNC(c1cc2ccccc2o1)c1ccc(Br)cc1Cl. The van der Waals surface area contributed by atoms with Crippen LogP contribution in [-0.4, -0.2) is 6.54 Å². The van der Waals surface area contributed by atoms with Gasteiger partial charge in [0.15, 0.2) is 0 Å². The molecular formula is C17H15BrClNO. The lowest BCUT2D eigenvalue weighted by Gasteiger charge is -2.17. The van der Waals surface area contributed by atoms with Crippen molar-refractivity contribution in [3.8, 4) is 0 Å². The molecule has 2 nitrogen and oxygen atoms in total. The van der Waals surface area contributed by atoms with Gasteiger partial charge in [0.1, 0.15) is 11.3 Å². The summed E-state index contributed by atoms with van der Waals surface area (Å²) in [6.45, 7) is 2.90. The van der Waals surface area contributed by atoms with E-state index in [1.165, 1.54) is 0 Å². The van der Waals surface area contributed by atoms with Gasteiger partial charge < -0.3 is 9.73 Å². The van der Waals surface area contributed by atoms with Gasteiger partial charge in [-0.25, -0.2) is 0 Å². The largest absolute Gasteiger partial charge is 0.459 e. The summed E-state index contributed by atoms with van der Waals surface area (Å²) in [5, 5.41) is 5.26. The fourth-order valence-corrected chi connectivity index (χ4v) is 3.23. The van der Waals surface area contributed by atoms with Crippen LogP contribution in [0.1, 0.15) is 24.3 Å². The summed E-state index contributed by atoms with van der Waals surface area (Å²) in [5.74, 6) is 0.877. The van der Waals surface area contributed by atoms with Gasteiger partial charge >= 0.3 is 0 Å². The van der Waals surface area contributed by atoms with Gasteiger partial charge in [-0.15, -0.1) is 0 Å². The molecule has 0 aliphatic carbocycles. The number of para-hydroxylation sites is 1. The van der Waals surface area contributed by atoms with E-state index in [1.54, 1.807) is 0 Å². The van der Waals surface area contributed by atoms with Crippen molar-refractivity contribution in [3.63, 3.8) is 0 Å². The molecule has 21 heavy (non-hydrogen) atoms. The molecule has 1 N–H and O–H groups in total. The van der Waals surface area contributed by atoms with Gasteiger partial charge in [0.25, 0.3) is 0 Å². The van der Waals surface area contributed by atoms with Crippen molar-refractivity contribution in [2.75, 3.05) is 6.54 Å². The highest BCUT2D eigenvalue weighted by Crippen LogP contribution is 2.33. The van der Waals surface area contributed by atoms with Crippen molar-refractivity contribution in [2.24, 2.45) is 0 Å². The fraction of sp³-hybridized carbons (Fsp3) is 0.176. The van der Waals surface area contributed by atoms with Crippen LogP contribution >= 0.6 is 27.5 Å². The molecular weight excluding hydrogens is 350 g/mol. The lowest BCUT2D eigenvalue weighted by Crippen LogP contribution is -2.21. The van der Waals surface area contributed by atoms with Crippen LogP contribution < -0.4 is 5.32 Å². The van der Waals surface area contributed by atoms with Crippen LogP contribution in [0.15, 0.2) is 57.4 Å². The zero-order valence-electron chi connectivity index (χ0n) is 11.6. The van der Waals surface area contributed by atoms with Gasteiger partial charge in [-0.05, 0) is 36.4 Å². The van der Waals surface area contributed by atoms with Gasteiger partial charge in [0.2, 0.25) is 0 Å². The van der Waals surface area contributed by atoms with Crippen molar-refractivity contribution in [1.82, 2.24) is 5.32 Å². The second-order valence-corrected chi connectivity index (χ2v) is 6.17. The topological polar surface area (TPSA) is 25.2 Å². The maximum atomic E-state index is 6.40. The molecule has 0 fully saturated rings. The van der Waals surface area contributed by atoms with Crippen LogP contribution in [0.25, 0.3) is 11.0 Å². The smallest absolute Gasteiger partial charge is 0.134 e. The number of benzene rings is 2. The first kappa shape index (κ1) is 14.6. The highest BCUT2D eigenvalue weighted by Gasteiger charge is 2.20. The minimum Gasteiger partial charge on any atom is -0.459 e. The van der Waals surface area contributed by atoms with Gasteiger partial charge in [0, 0.05) is 14.9 Å². The molecule has 4 heteroatoms. The first-order valence-electron chi connectivity index (χ1n) is 6.86. The van der Waals surface area contributed by atoms with Gasteiger partial charge in [-0.2, -0.15) is 0 Å².